The van der Waals surface area contributed by atoms with Gasteiger partial charge in [-0.25, -0.2) is 4.79 Å². The molecule has 0 saturated carbocycles. The molecule has 6 heteroatoms. The first-order valence-corrected chi connectivity index (χ1v) is 8.37. The summed E-state index contributed by atoms with van der Waals surface area (Å²) in [6.07, 6.45) is 8.25. The number of carbonyl (C=O) groups is 1. The predicted octanol–water partition coefficient (Wildman–Crippen LogP) is 2.60. The second-order valence-electron chi connectivity index (χ2n) is 7.10. The highest BCUT2D eigenvalue weighted by Crippen LogP contribution is 2.21. The van der Waals surface area contributed by atoms with Gasteiger partial charge in [0.1, 0.15) is 5.60 Å². The fraction of sp³-hybridized carbons (Fsp3) is 0.706. The molecule has 0 aliphatic carbocycles. The monoisotopic (exact) mass is 320 g/mol. The Bertz CT molecular complexity index is 487. The lowest BCUT2D eigenvalue weighted by atomic mass is 9.95. The van der Waals surface area contributed by atoms with Crippen molar-refractivity contribution in [1.82, 2.24) is 20.2 Å². The number of ether oxygens (including phenoxy) is 1. The maximum atomic E-state index is 12.1. The molecule has 1 amide bonds. The van der Waals surface area contributed by atoms with Crippen LogP contribution in [0.2, 0.25) is 0 Å². The van der Waals surface area contributed by atoms with Crippen molar-refractivity contribution in [2.24, 2.45) is 5.92 Å². The summed E-state index contributed by atoms with van der Waals surface area (Å²) in [6.45, 7) is 8.97. The predicted molar refractivity (Wildman–Crippen MR) is 88.9 cm³/mol. The smallest absolute Gasteiger partial charge is 0.410 e. The molecule has 6 nitrogen and oxygen atoms in total. The zero-order valence-electron chi connectivity index (χ0n) is 14.4. The Morgan fingerprint density at radius 2 is 2.26 bits per heavy atom. The van der Waals surface area contributed by atoms with E-state index in [1.807, 2.05) is 25.7 Å². The van der Waals surface area contributed by atoms with Crippen molar-refractivity contribution in [1.29, 1.82) is 0 Å². The molecular weight excluding hydrogens is 292 g/mol. The number of amides is 1. The zero-order valence-corrected chi connectivity index (χ0v) is 14.4. The summed E-state index contributed by atoms with van der Waals surface area (Å²) in [7, 11) is 0. The Hall–Kier alpha value is -1.69. The van der Waals surface area contributed by atoms with Crippen molar-refractivity contribution in [2.75, 3.05) is 19.6 Å². The minimum Gasteiger partial charge on any atom is -0.444 e. The topological polar surface area (TPSA) is 67.3 Å². The highest BCUT2D eigenvalue weighted by Gasteiger charge is 2.27. The minimum atomic E-state index is -0.428. The van der Waals surface area contributed by atoms with Crippen LogP contribution in [-0.4, -0.2) is 46.2 Å². The number of piperidine rings is 1. The number of rotatable bonds is 5. The van der Waals surface area contributed by atoms with E-state index in [0.29, 0.717) is 5.92 Å². The fourth-order valence-electron chi connectivity index (χ4n) is 2.74. The molecule has 0 radical (unpaired) electrons. The maximum Gasteiger partial charge on any atom is 0.410 e. The summed E-state index contributed by atoms with van der Waals surface area (Å²) < 4.78 is 5.47. The van der Waals surface area contributed by atoms with E-state index in [1.165, 1.54) is 6.42 Å². The van der Waals surface area contributed by atoms with Crippen LogP contribution in [0.15, 0.2) is 18.6 Å². The third-order valence-electron chi connectivity index (χ3n) is 3.82. The number of hydrogen-bond donors (Lipinski definition) is 1. The molecule has 128 valence electrons. The van der Waals surface area contributed by atoms with E-state index in [9.17, 15) is 4.79 Å². The second kappa shape index (κ2) is 8.24. The standard InChI is InChI=1S/C17H28N4O2/c1-17(2,3)23-16(22)21-10-4-5-14(13-21)6-7-18-11-15-12-19-8-9-20-15/h8-9,12,14,18H,4-7,10-11,13H2,1-3H3. The largest absolute Gasteiger partial charge is 0.444 e. The second-order valence-corrected chi connectivity index (χ2v) is 7.10. The van der Waals surface area contributed by atoms with Gasteiger partial charge in [0.2, 0.25) is 0 Å². The average Bonchev–Trinajstić information content (AvgIpc) is 2.51. The lowest BCUT2D eigenvalue weighted by Gasteiger charge is -2.34. The normalized spacial score (nSPS) is 18.7. The van der Waals surface area contributed by atoms with E-state index >= 15 is 0 Å². The van der Waals surface area contributed by atoms with Gasteiger partial charge in [-0.1, -0.05) is 0 Å². The van der Waals surface area contributed by atoms with Crippen molar-refractivity contribution in [3.63, 3.8) is 0 Å². The van der Waals surface area contributed by atoms with E-state index in [2.05, 4.69) is 15.3 Å². The Morgan fingerprint density at radius 1 is 1.43 bits per heavy atom. The zero-order chi connectivity index (χ0) is 16.7. The molecule has 1 aliphatic heterocycles. The molecule has 0 aromatic carbocycles. The quantitative estimate of drug-likeness (QED) is 0.845. The third kappa shape index (κ3) is 6.52. The van der Waals surface area contributed by atoms with Crippen molar-refractivity contribution < 1.29 is 9.53 Å². The molecule has 2 heterocycles. The summed E-state index contributed by atoms with van der Waals surface area (Å²) in [5.41, 5.74) is 0.522. The van der Waals surface area contributed by atoms with E-state index < -0.39 is 5.60 Å². The summed E-state index contributed by atoms with van der Waals surface area (Å²) in [6, 6.07) is 0. The van der Waals surface area contributed by atoms with Gasteiger partial charge < -0.3 is 15.0 Å². The van der Waals surface area contributed by atoms with Crippen LogP contribution in [0.4, 0.5) is 4.79 Å². The number of aromatic nitrogens is 2. The molecule has 1 aromatic rings. The molecular formula is C17H28N4O2. The molecule has 0 spiro atoms. The van der Waals surface area contributed by atoms with E-state index in [-0.39, 0.29) is 6.09 Å². The van der Waals surface area contributed by atoms with E-state index in [0.717, 1.165) is 44.7 Å². The van der Waals surface area contributed by atoms with E-state index in [1.54, 1.807) is 18.6 Å². The van der Waals surface area contributed by atoms with Crippen molar-refractivity contribution in [3.05, 3.63) is 24.3 Å². The van der Waals surface area contributed by atoms with Crippen molar-refractivity contribution in [2.45, 2.75) is 52.2 Å². The molecule has 1 unspecified atom stereocenters. The molecule has 1 N–H and O–H groups in total. The van der Waals surface area contributed by atoms with Crippen molar-refractivity contribution in [3.8, 4) is 0 Å². The first-order valence-electron chi connectivity index (χ1n) is 8.37. The molecule has 1 saturated heterocycles. The Morgan fingerprint density at radius 3 is 2.96 bits per heavy atom. The summed E-state index contributed by atoms with van der Waals surface area (Å²) >= 11 is 0. The Labute approximate surface area is 138 Å². The number of nitrogens with one attached hydrogen (secondary N) is 1. The molecule has 0 bridgehead atoms. The Balaban J connectivity index is 1.68. The number of nitrogens with zero attached hydrogens (tertiary/aromatic N) is 3. The summed E-state index contributed by atoms with van der Waals surface area (Å²) in [5, 5.41) is 3.39. The molecule has 1 atom stereocenters. The van der Waals surface area contributed by atoms with Gasteiger partial charge in [-0.2, -0.15) is 0 Å². The molecule has 23 heavy (non-hydrogen) atoms. The first kappa shape index (κ1) is 17.7. The van der Waals surface area contributed by atoms with Crippen LogP contribution in [0.1, 0.15) is 45.7 Å². The van der Waals surface area contributed by atoms with E-state index in [4.69, 9.17) is 4.74 Å². The first-order chi connectivity index (χ1) is 10.9. The molecule has 2 rings (SSSR count). The van der Waals surface area contributed by atoms with Gasteiger partial charge in [-0.15, -0.1) is 0 Å². The lowest BCUT2D eigenvalue weighted by molar-refractivity contribution is 0.0162. The lowest BCUT2D eigenvalue weighted by Crippen LogP contribution is -2.43. The van der Waals surface area contributed by atoms with Gasteiger partial charge in [0.25, 0.3) is 0 Å². The van der Waals surface area contributed by atoms with Crippen LogP contribution in [0.3, 0.4) is 0 Å². The van der Waals surface area contributed by atoms with Gasteiger partial charge in [0.05, 0.1) is 5.69 Å². The van der Waals surface area contributed by atoms with Crippen LogP contribution < -0.4 is 5.32 Å². The number of hydrogen-bond acceptors (Lipinski definition) is 5. The van der Waals surface area contributed by atoms with Gasteiger partial charge >= 0.3 is 6.09 Å². The maximum absolute atomic E-state index is 12.1. The molecule has 1 aromatic heterocycles. The highest BCUT2D eigenvalue weighted by molar-refractivity contribution is 5.68. The molecule has 1 fully saturated rings. The van der Waals surface area contributed by atoms with Crippen LogP contribution in [0, 0.1) is 5.92 Å². The summed E-state index contributed by atoms with van der Waals surface area (Å²) in [4.78, 5) is 22.3. The van der Waals surface area contributed by atoms with Gasteiger partial charge in [-0.3, -0.25) is 9.97 Å². The molecule has 1 aliphatic rings. The number of likely N-dealkylation sites (tertiary alicyclic amines) is 1. The van der Waals surface area contributed by atoms with Crippen LogP contribution >= 0.6 is 0 Å². The van der Waals surface area contributed by atoms with Gasteiger partial charge in [-0.05, 0) is 52.5 Å². The van der Waals surface area contributed by atoms with Gasteiger partial charge in [0.15, 0.2) is 0 Å². The Kier molecular flexibility index (Phi) is 6.33. The summed E-state index contributed by atoms with van der Waals surface area (Å²) in [5.74, 6) is 0.533. The SMILES string of the molecule is CC(C)(C)OC(=O)N1CCCC(CCNCc2cnccn2)C1. The fourth-order valence-corrected chi connectivity index (χ4v) is 2.74. The number of carbonyl (C=O) groups excluding carboxylic acids is 1. The minimum absolute atomic E-state index is 0.185. The van der Waals surface area contributed by atoms with Crippen LogP contribution in [0.25, 0.3) is 0 Å². The highest BCUT2D eigenvalue weighted by atomic mass is 16.6. The third-order valence-corrected chi connectivity index (χ3v) is 3.82. The van der Waals surface area contributed by atoms with Gasteiger partial charge in [0, 0.05) is 38.2 Å². The van der Waals surface area contributed by atoms with Crippen LogP contribution in [0.5, 0.6) is 0 Å². The average molecular weight is 320 g/mol. The van der Waals surface area contributed by atoms with Crippen molar-refractivity contribution >= 4 is 6.09 Å². The van der Waals surface area contributed by atoms with Crippen LogP contribution in [-0.2, 0) is 11.3 Å².